The Morgan fingerprint density at radius 2 is 1.75 bits per heavy atom. The molecule has 6 nitrogen and oxygen atoms in total. The summed E-state index contributed by atoms with van der Waals surface area (Å²) in [6.45, 7) is 8.62. The quantitative estimate of drug-likeness (QED) is 0.507. The van der Waals surface area contributed by atoms with Gasteiger partial charge in [0.1, 0.15) is 0 Å². The van der Waals surface area contributed by atoms with Crippen molar-refractivity contribution in [3.05, 3.63) is 0 Å². The summed E-state index contributed by atoms with van der Waals surface area (Å²) >= 11 is 0. The lowest BCUT2D eigenvalue weighted by molar-refractivity contribution is -0.124. The van der Waals surface area contributed by atoms with Crippen molar-refractivity contribution >= 4 is 5.91 Å². The number of hydrogen-bond donors (Lipinski definition) is 2. The van der Waals surface area contributed by atoms with Crippen molar-refractivity contribution in [2.24, 2.45) is 5.73 Å². The monoisotopic (exact) mass is 289 g/mol. The lowest BCUT2D eigenvalue weighted by atomic mass is 9.94. The minimum absolute atomic E-state index is 0.292. The van der Waals surface area contributed by atoms with Crippen molar-refractivity contribution in [3.8, 4) is 0 Å². The van der Waals surface area contributed by atoms with Crippen LogP contribution >= 0.6 is 0 Å². The molecule has 1 atom stereocenters. The summed E-state index contributed by atoms with van der Waals surface area (Å²) in [5.74, 6) is -0.292. The molecule has 0 saturated carbocycles. The van der Waals surface area contributed by atoms with Crippen molar-refractivity contribution in [1.29, 1.82) is 0 Å². The van der Waals surface area contributed by atoms with E-state index in [0.29, 0.717) is 13.2 Å². The lowest BCUT2D eigenvalue weighted by Gasteiger charge is -2.28. The second-order valence-corrected chi connectivity index (χ2v) is 5.16. The number of likely N-dealkylation sites (N-methyl/N-ethyl adjacent to an activating group) is 1. The molecule has 0 aromatic heterocycles. The van der Waals surface area contributed by atoms with Gasteiger partial charge in [-0.1, -0.05) is 6.92 Å². The molecule has 0 aromatic carbocycles. The minimum atomic E-state index is -0.622. The Hall–Kier alpha value is -0.690. The van der Waals surface area contributed by atoms with Gasteiger partial charge in [0.05, 0.1) is 18.8 Å². The van der Waals surface area contributed by atoms with Crippen molar-refractivity contribution in [2.75, 3.05) is 53.6 Å². The zero-order valence-corrected chi connectivity index (χ0v) is 13.4. The molecule has 0 radical (unpaired) electrons. The van der Waals surface area contributed by atoms with Gasteiger partial charge in [-0.2, -0.15) is 0 Å². The highest BCUT2D eigenvalue weighted by Crippen LogP contribution is 2.12. The summed E-state index contributed by atoms with van der Waals surface area (Å²) in [6, 6.07) is 0. The van der Waals surface area contributed by atoms with E-state index in [0.717, 1.165) is 39.0 Å². The topological polar surface area (TPSA) is 76.8 Å². The fraction of sp³-hybridized carbons (Fsp3) is 0.929. The maximum Gasteiger partial charge on any atom is 0.237 e. The van der Waals surface area contributed by atoms with E-state index in [1.165, 1.54) is 0 Å². The van der Waals surface area contributed by atoms with Crippen LogP contribution in [-0.2, 0) is 14.3 Å². The number of hydrogen-bond acceptors (Lipinski definition) is 5. The number of nitrogens with zero attached hydrogens (tertiary/aromatic N) is 1. The van der Waals surface area contributed by atoms with Crippen LogP contribution < -0.4 is 11.1 Å². The first-order valence-electron chi connectivity index (χ1n) is 7.25. The number of methoxy groups -OCH3 is 2. The van der Waals surface area contributed by atoms with Gasteiger partial charge in [-0.25, -0.2) is 0 Å². The standard InChI is InChI=1S/C14H31N3O3/c1-5-16-14(2,13(15)18)7-6-8-17(9-11-19-3)10-12-20-4/h16H,5-12H2,1-4H3,(H2,15,18). The van der Waals surface area contributed by atoms with Gasteiger partial charge < -0.3 is 20.5 Å². The van der Waals surface area contributed by atoms with Gasteiger partial charge in [-0.15, -0.1) is 0 Å². The highest BCUT2D eigenvalue weighted by molar-refractivity contribution is 5.84. The van der Waals surface area contributed by atoms with E-state index in [9.17, 15) is 4.79 Å². The van der Waals surface area contributed by atoms with E-state index < -0.39 is 5.54 Å². The van der Waals surface area contributed by atoms with E-state index in [1.54, 1.807) is 14.2 Å². The zero-order chi connectivity index (χ0) is 15.4. The third-order valence-corrected chi connectivity index (χ3v) is 3.49. The Balaban J connectivity index is 4.20. The van der Waals surface area contributed by atoms with Gasteiger partial charge in [0.2, 0.25) is 5.91 Å². The third-order valence-electron chi connectivity index (χ3n) is 3.49. The maximum absolute atomic E-state index is 11.5. The fourth-order valence-electron chi connectivity index (χ4n) is 2.12. The second kappa shape index (κ2) is 11.0. The molecular weight excluding hydrogens is 258 g/mol. The minimum Gasteiger partial charge on any atom is -0.383 e. The Kier molecular flexibility index (Phi) is 10.6. The van der Waals surface area contributed by atoms with Crippen LogP contribution in [0.1, 0.15) is 26.7 Å². The number of amides is 1. The van der Waals surface area contributed by atoms with E-state index in [-0.39, 0.29) is 5.91 Å². The zero-order valence-electron chi connectivity index (χ0n) is 13.4. The van der Waals surface area contributed by atoms with Gasteiger partial charge in [-0.3, -0.25) is 9.69 Å². The summed E-state index contributed by atoms with van der Waals surface area (Å²) in [5.41, 5.74) is 4.86. The summed E-state index contributed by atoms with van der Waals surface area (Å²) in [7, 11) is 3.40. The fourth-order valence-corrected chi connectivity index (χ4v) is 2.12. The molecule has 0 aliphatic carbocycles. The van der Waals surface area contributed by atoms with Crippen molar-refractivity contribution < 1.29 is 14.3 Å². The summed E-state index contributed by atoms with van der Waals surface area (Å²) < 4.78 is 10.2. The first-order valence-corrected chi connectivity index (χ1v) is 7.25. The molecule has 0 rings (SSSR count). The lowest BCUT2D eigenvalue weighted by Crippen LogP contribution is -2.53. The third kappa shape index (κ3) is 7.79. The average molecular weight is 289 g/mol. The van der Waals surface area contributed by atoms with Gasteiger partial charge in [0.15, 0.2) is 0 Å². The Labute approximate surface area is 123 Å². The molecule has 1 unspecified atom stereocenters. The average Bonchev–Trinajstić information content (AvgIpc) is 2.41. The summed E-state index contributed by atoms with van der Waals surface area (Å²) in [6.07, 6.45) is 1.63. The van der Waals surface area contributed by atoms with Gasteiger partial charge in [0, 0.05) is 27.3 Å². The maximum atomic E-state index is 11.5. The number of rotatable bonds is 13. The molecule has 120 valence electrons. The van der Waals surface area contributed by atoms with Crippen LogP contribution in [0.15, 0.2) is 0 Å². The van der Waals surface area contributed by atoms with Crippen molar-refractivity contribution in [3.63, 3.8) is 0 Å². The predicted octanol–water partition coefficient (Wildman–Crippen LogP) is 0.215. The Morgan fingerprint density at radius 3 is 2.15 bits per heavy atom. The van der Waals surface area contributed by atoms with Crippen LogP contribution in [0.5, 0.6) is 0 Å². The molecular formula is C14H31N3O3. The SMILES string of the molecule is CCNC(C)(CCCN(CCOC)CCOC)C(N)=O. The number of nitrogens with one attached hydrogen (secondary N) is 1. The Morgan fingerprint density at radius 1 is 1.20 bits per heavy atom. The molecule has 0 heterocycles. The molecule has 0 aromatic rings. The van der Waals surface area contributed by atoms with Crippen LogP contribution in [-0.4, -0.2) is 70.0 Å². The van der Waals surface area contributed by atoms with Crippen molar-refractivity contribution in [2.45, 2.75) is 32.2 Å². The molecule has 1 amide bonds. The van der Waals surface area contributed by atoms with E-state index >= 15 is 0 Å². The normalized spacial score (nSPS) is 14.4. The Bertz CT molecular complexity index is 256. The summed E-state index contributed by atoms with van der Waals surface area (Å²) in [5, 5.41) is 3.18. The van der Waals surface area contributed by atoms with Crippen molar-refractivity contribution in [1.82, 2.24) is 10.2 Å². The van der Waals surface area contributed by atoms with Crippen LogP contribution in [0.4, 0.5) is 0 Å². The first-order chi connectivity index (χ1) is 9.50. The molecule has 0 aliphatic heterocycles. The van der Waals surface area contributed by atoms with Crippen LogP contribution in [0.3, 0.4) is 0 Å². The molecule has 0 aliphatic rings. The highest BCUT2D eigenvalue weighted by atomic mass is 16.5. The number of carbonyl (C=O) groups is 1. The highest BCUT2D eigenvalue weighted by Gasteiger charge is 2.29. The molecule has 0 saturated heterocycles. The summed E-state index contributed by atoms with van der Waals surface area (Å²) in [4.78, 5) is 13.8. The molecule has 3 N–H and O–H groups in total. The number of carbonyl (C=O) groups excluding carboxylic acids is 1. The van der Waals surface area contributed by atoms with Crippen LogP contribution in [0.2, 0.25) is 0 Å². The molecule has 0 spiro atoms. The van der Waals surface area contributed by atoms with Crippen LogP contribution in [0, 0.1) is 0 Å². The van der Waals surface area contributed by atoms with E-state index in [1.807, 2.05) is 13.8 Å². The molecule has 0 fully saturated rings. The largest absolute Gasteiger partial charge is 0.383 e. The molecule has 6 heteroatoms. The number of primary amides is 1. The smallest absolute Gasteiger partial charge is 0.237 e. The van der Waals surface area contributed by atoms with Gasteiger partial charge in [0.25, 0.3) is 0 Å². The van der Waals surface area contributed by atoms with Gasteiger partial charge >= 0.3 is 0 Å². The second-order valence-electron chi connectivity index (χ2n) is 5.16. The number of ether oxygens (including phenoxy) is 2. The number of nitrogens with two attached hydrogens (primary N) is 1. The first kappa shape index (κ1) is 19.3. The molecule has 20 heavy (non-hydrogen) atoms. The van der Waals surface area contributed by atoms with Crippen LogP contribution in [0.25, 0.3) is 0 Å². The van der Waals surface area contributed by atoms with E-state index in [2.05, 4.69) is 10.2 Å². The van der Waals surface area contributed by atoms with E-state index in [4.69, 9.17) is 15.2 Å². The molecule has 0 bridgehead atoms. The predicted molar refractivity (Wildman–Crippen MR) is 80.7 cm³/mol. The van der Waals surface area contributed by atoms with Gasteiger partial charge in [-0.05, 0) is 32.9 Å².